The van der Waals surface area contributed by atoms with Crippen LogP contribution in [0.1, 0.15) is 23.7 Å². The average molecular weight is 437 g/mol. The number of anilines is 1. The standard InChI is InChI=1S/C27H23N3O3/c1-19(31)33-23-14-12-22(13-15-23)25-18-28-27(24(29-25)16-20-8-4-2-5-9-20)30-26(32)17-21-10-6-3-7-11-21/h2-15,18H,16-17H2,1H3,(H,28,30,32). The Labute approximate surface area is 192 Å². The van der Waals surface area contributed by atoms with Gasteiger partial charge >= 0.3 is 5.97 Å². The number of hydrogen-bond acceptors (Lipinski definition) is 5. The topological polar surface area (TPSA) is 81.2 Å². The summed E-state index contributed by atoms with van der Waals surface area (Å²) in [7, 11) is 0. The van der Waals surface area contributed by atoms with Crippen LogP contribution in [0.2, 0.25) is 0 Å². The summed E-state index contributed by atoms with van der Waals surface area (Å²) < 4.78 is 5.10. The van der Waals surface area contributed by atoms with E-state index in [9.17, 15) is 9.59 Å². The van der Waals surface area contributed by atoms with Crippen molar-refractivity contribution in [2.24, 2.45) is 0 Å². The highest BCUT2D eigenvalue weighted by Gasteiger charge is 2.14. The average Bonchev–Trinajstić information content (AvgIpc) is 2.82. The van der Waals surface area contributed by atoms with Gasteiger partial charge in [0.1, 0.15) is 5.75 Å². The van der Waals surface area contributed by atoms with E-state index < -0.39 is 0 Å². The number of benzene rings is 3. The maximum atomic E-state index is 12.6. The predicted molar refractivity (Wildman–Crippen MR) is 127 cm³/mol. The molecule has 0 aliphatic carbocycles. The minimum atomic E-state index is -0.372. The van der Waals surface area contributed by atoms with Crippen LogP contribution in [0.15, 0.2) is 91.1 Å². The van der Waals surface area contributed by atoms with Crippen LogP contribution < -0.4 is 10.1 Å². The molecule has 1 aromatic heterocycles. The van der Waals surface area contributed by atoms with Crippen LogP contribution in [0, 0.1) is 0 Å². The lowest BCUT2D eigenvalue weighted by Gasteiger charge is -2.12. The predicted octanol–water partition coefficient (Wildman–Crippen LogP) is 4.84. The Kier molecular flexibility index (Phi) is 6.85. The summed E-state index contributed by atoms with van der Waals surface area (Å²) >= 11 is 0. The Balaban J connectivity index is 1.60. The summed E-state index contributed by atoms with van der Waals surface area (Å²) in [6.07, 6.45) is 2.41. The van der Waals surface area contributed by atoms with Gasteiger partial charge in [0.2, 0.25) is 5.91 Å². The van der Waals surface area contributed by atoms with Crippen molar-refractivity contribution >= 4 is 17.7 Å². The quantitative estimate of drug-likeness (QED) is 0.330. The molecule has 0 spiro atoms. The van der Waals surface area contributed by atoms with Crippen LogP contribution in [-0.2, 0) is 22.4 Å². The third-order valence-electron chi connectivity index (χ3n) is 4.94. The summed E-state index contributed by atoms with van der Waals surface area (Å²) in [5.41, 5.74) is 4.15. The second-order valence-corrected chi connectivity index (χ2v) is 7.54. The van der Waals surface area contributed by atoms with Crippen molar-refractivity contribution in [1.29, 1.82) is 0 Å². The molecule has 0 bridgehead atoms. The lowest BCUT2D eigenvalue weighted by molar-refractivity contribution is -0.131. The molecule has 0 radical (unpaired) electrons. The molecule has 6 nitrogen and oxygen atoms in total. The van der Waals surface area contributed by atoms with Gasteiger partial charge in [0.15, 0.2) is 5.82 Å². The van der Waals surface area contributed by atoms with Crippen molar-refractivity contribution in [2.45, 2.75) is 19.8 Å². The van der Waals surface area contributed by atoms with Crippen LogP contribution in [0.25, 0.3) is 11.3 Å². The minimum Gasteiger partial charge on any atom is -0.427 e. The normalized spacial score (nSPS) is 10.5. The molecule has 6 heteroatoms. The molecule has 0 aliphatic rings. The fourth-order valence-corrected chi connectivity index (χ4v) is 3.40. The molecule has 4 rings (SSSR count). The van der Waals surface area contributed by atoms with Crippen molar-refractivity contribution in [3.8, 4) is 17.0 Å². The summed E-state index contributed by atoms with van der Waals surface area (Å²) in [5, 5.41) is 2.92. The Morgan fingerprint density at radius 1 is 0.848 bits per heavy atom. The molecule has 0 aliphatic heterocycles. The summed E-state index contributed by atoms with van der Waals surface area (Å²) in [4.78, 5) is 33.1. The smallest absolute Gasteiger partial charge is 0.308 e. The first kappa shape index (κ1) is 21.9. The van der Waals surface area contributed by atoms with Crippen LogP contribution in [-0.4, -0.2) is 21.8 Å². The molecule has 1 N–H and O–H groups in total. The first-order chi connectivity index (χ1) is 16.1. The van der Waals surface area contributed by atoms with Crippen molar-refractivity contribution in [2.75, 3.05) is 5.32 Å². The highest BCUT2D eigenvalue weighted by molar-refractivity contribution is 5.92. The number of esters is 1. The molecule has 0 fully saturated rings. The van der Waals surface area contributed by atoms with Crippen LogP contribution in [0.5, 0.6) is 5.75 Å². The molecule has 33 heavy (non-hydrogen) atoms. The van der Waals surface area contributed by atoms with Crippen molar-refractivity contribution in [3.05, 3.63) is 108 Å². The number of carbonyl (C=O) groups excluding carboxylic acids is 2. The van der Waals surface area contributed by atoms with Gasteiger partial charge in [0.05, 0.1) is 24.0 Å². The number of nitrogens with zero attached hydrogens (tertiary/aromatic N) is 2. The maximum Gasteiger partial charge on any atom is 0.308 e. The second-order valence-electron chi connectivity index (χ2n) is 7.54. The summed E-state index contributed by atoms with van der Waals surface area (Å²) in [5.74, 6) is 0.389. The molecule has 3 aromatic carbocycles. The number of rotatable bonds is 7. The Morgan fingerprint density at radius 3 is 2.12 bits per heavy atom. The van der Waals surface area contributed by atoms with Gasteiger partial charge < -0.3 is 10.1 Å². The monoisotopic (exact) mass is 437 g/mol. The fraction of sp³-hybridized carbons (Fsp3) is 0.111. The van der Waals surface area contributed by atoms with E-state index in [0.717, 1.165) is 16.7 Å². The second kappa shape index (κ2) is 10.3. The Bertz CT molecular complexity index is 1240. The molecule has 0 saturated carbocycles. The molecule has 0 atom stereocenters. The third-order valence-corrected chi connectivity index (χ3v) is 4.94. The van der Waals surface area contributed by atoms with Gasteiger partial charge in [-0.15, -0.1) is 0 Å². The van der Waals surface area contributed by atoms with Crippen LogP contribution in [0.4, 0.5) is 5.82 Å². The maximum absolute atomic E-state index is 12.6. The van der Waals surface area contributed by atoms with Gasteiger partial charge in [-0.25, -0.2) is 9.97 Å². The van der Waals surface area contributed by atoms with E-state index in [4.69, 9.17) is 9.72 Å². The first-order valence-corrected chi connectivity index (χ1v) is 10.6. The number of carbonyl (C=O) groups is 2. The van der Waals surface area contributed by atoms with E-state index in [-0.39, 0.29) is 18.3 Å². The van der Waals surface area contributed by atoms with E-state index in [1.165, 1.54) is 6.92 Å². The number of nitrogens with one attached hydrogen (secondary N) is 1. The molecule has 1 heterocycles. The molecule has 1 amide bonds. The lowest BCUT2D eigenvalue weighted by atomic mass is 10.1. The molecular weight excluding hydrogens is 414 g/mol. The van der Waals surface area contributed by atoms with Crippen molar-refractivity contribution in [1.82, 2.24) is 9.97 Å². The van der Waals surface area contributed by atoms with E-state index >= 15 is 0 Å². The summed E-state index contributed by atoms with van der Waals surface area (Å²) in [6, 6.07) is 26.5. The molecule has 0 saturated heterocycles. The Hall–Kier alpha value is -4.32. The van der Waals surface area contributed by atoms with Gasteiger partial charge in [-0.05, 0) is 35.4 Å². The van der Waals surface area contributed by atoms with E-state index in [0.29, 0.717) is 29.4 Å². The Morgan fingerprint density at radius 2 is 1.48 bits per heavy atom. The first-order valence-electron chi connectivity index (χ1n) is 10.6. The van der Waals surface area contributed by atoms with Crippen LogP contribution in [0.3, 0.4) is 0 Å². The zero-order valence-electron chi connectivity index (χ0n) is 18.2. The van der Waals surface area contributed by atoms with Gasteiger partial charge in [-0.3, -0.25) is 9.59 Å². The SMILES string of the molecule is CC(=O)Oc1ccc(-c2cnc(NC(=O)Cc3ccccc3)c(Cc3ccccc3)n2)cc1. The number of ether oxygens (including phenoxy) is 1. The zero-order valence-corrected chi connectivity index (χ0v) is 18.2. The van der Waals surface area contributed by atoms with E-state index in [1.54, 1.807) is 18.3 Å². The molecule has 164 valence electrons. The van der Waals surface area contributed by atoms with Crippen LogP contribution >= 0.6 is 0 Å². The number of aromatic nitrogens is 2. The highest BCUT2D eigenvalue weighted by atomic mass is 16.5. The highest BCUT2D eigenvalue weighted by Crippen LogP contribution is 2.24. The minimum absolute atomic E-state index is 0.150. The zero-order chi connectivity index (χ0) is 23.0. The third kappa shape index (κ3) is 6.11. The number of hydrogen-bond donors (Lipinski definition) is 1. The summed E-state index contributed by atoms with van der Waals surface area (Å²) in [6.45, 7) is 1.36. The molecule has 4 aromatic rings. The van der Waals surface area contributed by atoms with Gasteiger partial charge in [0, 0.05) is 18.9 Å². The van der Waals surface area contributed by atoms with Crippen molar-refractivity contribution < 1.29 is 14.3 Å². The van der Waals surface area contributed by atoms with E-state index in [2.05, 4.69) is 10.3 Å². The largest absolute Gasteiger partial charge is 0.427 e. The molecular formula is C27H23N3O3. The van der Waals surface area contributed by atoms with Gasteiger partial charge in [-0.1, -0.05) is 60.7 Å². The van der Waals surface area contributed by atoms with Crippen molar-refractivity contribution in [3.63, 3.8) is 0 Å². The van der Waals surface area contributed by atoms with E-state index in [1.807, 2.05) is 72.8 Å². The number of amides is 1. The van der Waals surface area contributed by atoms with Gasteiger partial charge in [-0.2, -0.15) is 0 Å². The van der Waals surface area contributed by atoms with Gasteiger partial charge in [0.25, 0.3) is 0 Å². The fourth-order valence-electron chi connectivity index (χ4n) is 3.40. The molecule has 0 unspecified atom stereocenters. The lowest BCUT2D eigenvalue weighted by Crippen LogP contribution is -2.17.